The second kappa shape index (κ2) is 10.1. The van der Waals surface area contributed by atoms with E-state index in [1.54, 1.807) is 21.3 Å². The summed E-state index contributed by atoms with van der Waals surface area (Å²) < 4.78 is 22.0. The zero-order valence-corrected chi connectivity index (χ0v) is 16.9. The van der Waals surface area contributed by atoms with Gasteiger partial charge in [-0.25, -0.2) is 0 Å². The van der Waals surface area contributed by atoms with Crippen LogP contribution < -0.4 is 9.47 Å². The van der Waals surface area contributed by atoms with Crippen molar-refractivity contribution in [1.82, 2.24) is 0 Å². The van der Waals surface area contributed by atoms with Crippen LogP contribution in [0.5, 0.6) is 11.5 Å². The molecule has 3 aromatic rings. The van der Waals surface area contributed by atoms with Crippen LogP contribution in [0, 0.1) is 0 Å². The summed E-state index contributed by atoms with van der Waals surface area (Å²) in [6.07, 6.45) is -1.47. The molecule has 0 aliphatic carbocycles. The van der Waals surface area contributed by atoms with Crippen molar-refractivity contribution in [2.75, 3.05) is 21.3 Å². The van der Waals surface area contributed by atoms with E-state index in [-0.39, 0.29) is 0 Å². The van der Waals surface area contributed by atoms with E-state index in [0.717, 1.165) is 16.9 Å². The monoisotopic (exact) mass is 394 g/mol. The van der Waals surface area contributed by atoms with Crippen LogP contribution in [0.2, 0.25) is 0 Å². The molecule has 5 nitrogen and oxygen atoms in total. The minimum Gasteiger partial charge on any atom is -0.497 e. The fraction of sp³-hybridized carbons (Fsp3) is 0.250. The lowest BCUT2D eigenvalue weighted by Crippen LogP contribution is -2.11. The molecule has 0 aromatic heterocycles. The lowest BCUT2D eigenvalue weighted by molar-refractivity contribution is -0.107. The highest BCUT2D eigenvalue weighted by molar-refractivity contribution is 5.42. The molecule has 0 saturated carbocycles. The maximum Gasteiger partial charge on any atom is 0.183 e. The van der Waals surface area contributed by atoms with Gasteiger partial charge >= 0.3 is 0 Å². The average Bonchev–Trinajstić information content (AvgIpc) is 2.79. The first-order valence-electron chi connectivity index (χ1n) is 9.34. The van der Waals surface area contributed by atoms with Gasteiger partial charge in [0.25, 0.3) is 0 Å². The molecule has 0 saturated heterocycles. The number of hydrogen-bond acceptors (Lipinski definition) is 5. The molecule has 5 heteroatoms. The van der Waals surface area contributed by atoms with Crippen molar-refractivity contribution < 1.29 is 24.1 Å². The quantitative estimate of drug-likeness (QED) is 0.536. The van der Waals surface area contributed by atoms with Gasteiger partial charge in [0.2, 0.25) is 0 Å². The van der Waals surface area contributed by atoms with Crippen LogP contribution in [-0.2, 0) is 16.1 Å². The number of ether oxygens (including phenoxy) is 4. The molecule has 152 valence electrons. The maximum atomic E-state index is 11.0. The third-order valence-electron chi connectivity index (χ3n) is 4.71. The molecule has 0 fully saturated rings. The Morgan fingerprint density at radius 3 is 2.03 bits per heavy atom. The van der Waals surface area contributed by atoms with Crippen molar-refractivity contribution in [2.45, 2.75) is 19.0 Å². The Bertz CT molecular complexity index is 889. The number of methoxy groups -OCH3 is 3. The Morgan fingerprint density at radius 1 is 0.759 bits per heavy atom. The Labute approximate surface area is 171 Å². The minimum atomic E-state index is -0.841. The van der Waals surface area contributed by atoms with Crippen LogP contribution >= 0.6 is 0 Å². The minimum absolute atomic E-state index is 0.450. The van der Waals surface area contributed by atoms with Crippen molar-refractivity contribution in [2.24, 2.45) is 0 Å². The number of aliphatic hydroxyl groups excluding tert-OH is 1. The van der Waals surface area contributed by atoms with E-state index in [9.17, 15) is 5.11 Å². The molecule has 0 radical (unpaired) electrons. The van der Waals surface area contributed by atoms with Crippen LogP contribution in [-0.4, -0.2) is 26.4 Å². The summed E-state index contributed by atoms with van der Waals surface area (Å²) in [5, 5.41) is 11.0. The highest BCUT2D eigenvalue weighted by atomic mass is 16.7. The standard InChI is InChI=1S/C24H26O5/c1-26-19-11-9-18(10-12-19)23(25)21-14-13-20(15-22(21)24(27-2)28-3)29-16-17-7-5-4-6-8-17/h4-15,23-25H,16H2,1-3H3. The number of hydrogen-bond donors (Lipinski definition) is 1. The van der Waals surface area contributed by atoms with Crippen molar-refractivity contribution in [1.29, 1.82) is 0 Å². The van der Waals surface area contributed by atoms with Crippen molar-refractivity contribution in [3.63, 3.8) is 0 Å². The van der Waals surface area contributed by atoms with Crippen LogP contribution in [0.1, 0.15) is 34.6 Å². The molecule has 3 aromatic carbocycles. The smallest absolute Gasteiger partial charge is 0.183 e. The number of rotatable bonds is 9. The molecule has 0 bridgehead atoms. The maximum absolute atomic E-state index is 11.0. The predicted octanol–water partition coefficient (Wildman–Crippen LogP) is 4.65. The summed E-state index contributed by atoms with van der Waals surface area (Å²) in [5.41, 5.74) is 3.22. The second-order valence-electron chi connectivity index (χ2n) is 6.54. The fourth-order valence-electron chi connectivity index (χ4n) is 3.15. The topological polar surface area (TPSA) is 57.2 Å². The zero-order chi connectivity index (χ0) is 20.6. The van der Waals surface area contributed by atoms with Gasteiger partial charge in [-0.2, -0.15) is 0 Å². The predicted molar refractivity (Wildman–Crippen MR) is 111 cm³/mol. The molecule has 0 spiro atoms. The second-order valence-corrected chi connectivity index (χ2v) is 6.54. The molecule has 1 unspecified atom stereocenters. The normalized spacial score (nSPS) is 12.0. The lowest BCUT2D eigenvalue weighted by atomic mass is 9.96. The Balaban J connectivity index is 1.88. The molecule has 1 atom stereocenters. The number of benzene rings is 3. The van der Waals surface area contributed by atoms with Crippen molar-refractivity contribution in [3.8, 4) is 11.5 Å². The van der Waals surface area contributed by atoms with Gasteiger partial charge in [-0.1, -0.05) is 48.5 Å². The summed E-state index contributed by atoms with van der Waals surface area (Å²) in [7, 11) is 4.74. The fourth-order valence-corrected chi connectivity index (χ4v) is 3.15. The summed E-state index contributed by atoms with van der Waals surface area (Å²) in [5.74, 6) is 1.41. The van der Waals surface area contributed by atoms with E-state index in [1.165, 1.54) is 0 Å². The van der Waals surface area contributed by atoms with Crippen molar-refractivity contribution in [3.05, 3.63) is 95.1 Å². The molecule has 29 heavy (non-hydrogen) atoms. The van der Waals surface area contributed by atoms with E-state index in [1.807, 2.05) is 72.8 Å². The highest BCUT2D eigenvalue weighted by Gasteiger charge is 2.21. The van der Waals surface area contributed by atoms with Gasteiger partial charge < -0.3 is 24.1 Å². The molecule has 0 amide bonds. The van der Waals surface area contributed by atoms with E-state index in [0.29, 0.717) is 23.5 Å². The summed E-state index contributed by atoms with van der Waals surface area (Å²) in [6.45, 7) is 0.450. The molecule has 1 N–H and O–H groups in total. The van der Waals surface area contributed by atoms with E-state index in [2.05, 4.69) is 0 Å². The number of aliphatic hydroxyl groups is 1. The molecular weight excluding hydrogens is 368 g/mol. The van der Waals surface area contributed by atoms with Crippen molar-refractivity contribution >= 4 is 0 Å². The van der Waals surface area contributed by atoms with Crippen LogP contribution in [0.4, 0.5) is 0 Å². The first kappa shape index (κ1) is 20.9. The summed E-state index contributed by atoms with van der Waals surface area (Å²) >= 11 is 0. The molecular formula is C24H26O5. The van der Waals surface area contributed by atoms with Gasteiger partial charge in [0.15, 0.2) is 6.29 Å². The lowest BCUT2D eigenvalue weighted by Gasteiger charge is -2.22. The molecule has 0 aliphatic rings. The Kier molecular flexibility index (Phi) is 7.25. The third kappa shape index (κ3) is 5.15. The van der Waals surface area contributed by atoms with Gasteiger partial charge in [-0.15, -0.1) is 0 Å². The highest BCUT2D eigenvalue weighted by Crippen LogP contribution is 2.34. The molecule has 0 heterocycles. The van der Waals surface area contributed by atoms with E-state index < -0.39 is 12.4 Å². The molecule has 0 aliphatic heterocycles. The van der Waals surface area contributed by atoms with Gasteiger partial charge in [-0.3, -0.25) is 0 Å². The van der Waals surface area contributed by atoms with Gasteiger partial charge in [0.1, 0.15) is 24.2 Å². The largest absolute Gasteiger partial charge is 0.497 e. The van der Waals surface area contributed by atoms with E-state index >= 15 is 0 Å². The van der Waals surface area contributed by atoms with Gasteiger partial charge in [0.05, 0.1) is 7.11 Å². The SMILES string of the molecule is COc1ccc(C(O)c2ccc(OCc3ccccc3)cc2C(OC)OC)cc1. The first-order valence-corrected chi connectivity index (χ1v) is 9.34. The van der Waals surface area contributed by atoms with Gasteiger partial charge in [0, 0.05) is 19.8 Å². The van der Waals surface area contributed by atoms with E-state index in [4.69, 9.17) is 18.9 Å². The Morgan fingerprint density at radius 2 is 1.41 bits per heavy atom. The van der Waals surface area contributed by atoms with Crippen LogP contribution in [0.25, 0.3) is 0 Å². The Hall–Kier alpha value is -2.86. The summed E-state index contributed by atoms with van der Waals surface area (Å²) in [4.78, 5) is 0. The molecule has 3 rings (SSSR count). The third-order valence-corrected chi connectivity index (χ3v) is 4.71. The van der Waals surface area contributed by atoms with Gasteiger partial charge in [-0.05, 0) is 41.0 Å². The van der Waals surface area contributed by atoms with Crippen LogP contribution in [0.3, 0.4) is 0 Å². The zero-order valence-electron chi connectivity index (χ0n) is 16.9. The average molecular weight is 394 g/mol. The first-order chi connectivity index (χ1) is 14.2. The van der Waals surface area contributed by atoms with Crippen LogP contribution in [0.15, 0.2) is 72.8 Å². The summed E-state index contributed by atoms with van der Waals surface area (Å²) in [6, 6.07) is 22.8.